The van der Waals surface area contributed by atoms with Crippen LogP contribution in [0.3, 0.4) is 0 Å². The van der Waals surface area contributed by atoms with Crippen molar-refractivity contribution in [2.45, 2.75) is 37.8 Å². The number of nitrogens with one attached hydrogen (secondary N) is 1. The van der Waals surface area contributed by atoms with Gasteiger partial charge in [-0.1, -0.05) is 30.3 Å². The molecule has 2 aromatic rings. The summed E-state index contributed by atoms with van der Waals surface area (Å²) in [6.45, 7) is 0. The van der Waals surface area contributed by atoms with E-state index in [2.05, 4.69) is 35.6 Å². The first-order chi connectivity index (χ1) is 11.2. The number of aryl methyl sites for hydroxylation is 1. The Labute approximate surface area is 138 Å². The van der Waals surface area contributed by atoms with E-state index in [0.717, 1.165) is 25.0 Å². The van der Waals surface area contributed by atoms with Crippen molar-refractivity contribution in [2.75, 3.05) is 7.05 Å². The molecular formula is C20H25NO2. The second-order valence-electron chi connectivity index (χ2n) is 6.35. The summed E-state index contributed by atoms with van der Waals surface area (Å²) in [7, 11) is 1.99. The summed E-state index contributed by atoms with van der Waals surface area (Å²) >= 11 is 0. The van der Waals surface area contributed by atoms with Crippen LogP contribution in [0.2, 0.25) is 0 Å². The van der Waals surface area contributed by atoms with Crippen LogP contribution in [0.1, 0.15) is 31.2 Å². The van der Waals surface area contributed by atoms with E-state index in [4.69, 9.17) is 4.74 Å². The van der Waals surface area contributed by atoms with Gasteiger partial charge in [0, 0.05) is 12.3 Å². The number of aromatic hydroxyl groups is 1. The summed E-state index contributed by atoms with van der Waals surface area (Å²) in [5.74, 6) is 1.64. The molecule has 1 atom stereocenters. The molecule has 3 heteroatoms. The highest BCUT2D eigenvalue weighted by molar-refractivity contribution is 5.30. The Kier molecular flexibility index (Phi) is 4.87. The van der Waals surface area contributed by atoms with Gasteiger partial charge in [0.05, 0.1) is 0 Å². The molecule has 0 radical (unpaired) electrons. The van der Waals surface area contributed by atoms with E-state index >= 15 is 0 Å². The molecular weight excluding hydrogens is 286 g/mol. The van der Waals surface area contributed by atoms with E-state index in [9.17, 15) is 5.11 Å². The Morgan fingerprint density at radius 1 is 1.09 bits per heavy atom. The molecule has 0 bridgehead atoms. The van der Waals surface area contributed by atoms with Crippen LogP contribution >= 0.6 is 0 Å². The zero-order valence-corrected chi connectivity index (χ0v) is 13.7. The Balaban J connectivity index is 1.65. The lowest BCUT2D eigenvalue weighted by molar-refractivity contribution is 0.00749. The van der Waals surface area contributed by atoms with Crippen molar-refractivity contribution in [2.24, 2.45) is 5.92 Å². The Morgan fingerprint density at radius 2 is 1.78 bits per heavy atom. The molecule has 2 aromatic carbocycles. The van der Waals surface area contributed by atoms with Crippen LogP contribution in [0.5, 0.6) is 11.5 Å². The van der Waals surface area contributed by atoms with E-state index in [1.165, 1.54) is 18.4 Å². The summed E-state index contributed by atoms with van der Waals surface area (Å²) in [6, 6.07) is 17.6. The maximum absolute atomic E-state index is 9.43. The zero-order valence-electron chi connectivity index (χ0n) is 13.7. The predicted octanol–water partition coefficient (Wildman–Crippen LogP) is 4.12. The van der Waals surface area contributed by atoms with Gasteiger partial charge < -0.3 is 9.84 Å². The molecule has 1 aliphatic carbocycles. The SMILES string of the molecule is CNC(CCCc1ccccc1)(Oc1ccc(O)cc1)C1CC1. The number of phenolic OH excluding ortho intramolecular Hbond substituents is 1. The molecule has 0 amide bonds. The van der Waals surface area contributed by atoms with E-state index in [1.807, 2.05) is 19.2 Å². The number of phenols is 1. The maximum Gasteiger partial charge on any atom is 0.163 e. The lowest BCUT2D eigenvalue weighted by atomic mass is 9.98. The minimum Gasteiger partial charge on any atom is -0.508 e. The van der Waals surface area contributed by atoms with Gasteiger partial charge in [0.15, 0.2) is 5.72 Å². The van der Waals surface area contributed by atoms with Crippen molar-refractivity contribution < 1.29 is 9.84 Å². The van der Waals surface area contributed by atoms with E-state index < -0.39 is 0 Å². The van der Waals surface area contributed by atoms with Gasteiger partial charge in [-0.15, -0.1) is 0 Å². The number of benzene rings is 2. The Bertz CT molecular complexity index is 607. The normalized spacial score (nSPS) is 16.7. The third-order valence-electron chi connectivity index (χ3n) is 4.65. The standard InChI is InChI=1S/C20H25NO2/c1-21-20(17-9-10-17,23-19-13-11-18(22)12-14-19)15-5-8-16-6-3-2-4-7-16/h2-4,6-7,11-14,17,21-22H,5,8-10,15H2,1H3. The third-order valence-corrected chi connectivity index (χ3v) is 4.65. The largest absolute Gasteiger partial charge is 0.508 e. The maximum atomic E-state index is 9.43. The first-order valence-corrected chi connectivity index (χ1v) is 8.43. The predicted molar refractivity (Wildman–Crippen MR) is 92.6 cm³/mol. The van der Waals surface area contributed by atoms with E-state index in [-0.39, 0.29) is 11.5 Å². The molecule has 3 nitrogen and oxygen atoms in total. The Morgan fingerprint density at radius 3 is 2.39 bits per heavy atom. The van der Waals surface area contributed by atoms with Gasteiger partial charge in [-0.2, -0.15) is 0 Å². The van der Waals surface area contributed by atoms with Gasteiger partial charge >= 0.3 is 0 Å². The molecule has 122 valence electrons. The van der Waals surface area contributed by atoms with Crippen molar-refractivity contribution >= 4 is 0 Å². The molecule has 23 heavy (non-hydrogen) atoms. The zero-order chi connectivity index (χ0) is 16.1. The van der Waals surface area contributed by atoms with E-state index in [1.54, 1.807) is 12.1 Å². The molecule has 1 saturated carbocycles. The minimum absolute atomic E-state index is 0.267. The van der Waals surface area contributed by atoms with Gasteiger partial charge in [0.1, 0.15) is 11.5 Å². The van der Waals surface area contributed by atoms with Gasteiger partial charge in [-0.3, -0.25) is 5.32 Å². The first-order valence-electron chi connectivity index (χ1n) is 8.43. The van der Waals surface area contributed by atoms with Gasteiger partial charge in [-0.05, 0) is 62.6 Å². The highest BCUT2D eigenvalue weighted by atomic mass is 16.5. The number of hydrogen-bond donors (Lipinski definition) is 2. The second-order valence-corrected chi connectivity index (χ2v) is 6.35. The van der Waals surface area contributed by atoms with Crippen LogP contribution in [-0.2, 0) is 6.42 Å². The first kappa shape index (κ1) is 15.9. The quantitative estimate of drug-likeness (QED) is 0.721. The number of hydrogen-bond acceptors (Lipinski definition) is 3. The van der Waals surface area contributed by atoms with Crippen LogP contribution in [0, 0.1) is 5.92 Å². The summed E-state index contributed by atoms with van der Waals surface area (Å²) in [4.78, 5) is 0. The summed E-state index contributed by atoms with van der Waals surface area (Å²) in [5, 5.41) is 12.9. The van der Waals surface area contributed by atoms with Crippen molar-refractivity contribution in [3.8, 4) is 11.5 Å². The van der Waals surface area contributed by atoms with Crippen molar-refractivity contribution in [3.05, 3.63) is 60.2 Å². The van der Waals surface area contributed by atoms with Crippen molar-refractivity contribution in [3.63, 3.8) is 0 Å². The molecule has 0 aromatic heterocycles. The average Bonchev–Trinajstić information content (AvgIpc) is 3.42. The van der Waals surface area contributed by atoms with Crippen LogP contribution in [0.4, 0.5) is 0 Å². The second kappa shape index (κ2) is 7.05. The Hall–Kier alpha value is -2.00. The van der Waals surface area contributed by atoms with E-state index in [0.29, 0.717) is 5.92 Å². The summed E-state index contributed by atoms with van der Waals surface area (Å²) < 4.78 is 6.35. The van der Waals surface area contributed by atoms with Crippen molar-refractivity contribution in [1.29, 1.82) is 0 Å². The molecule has 0 spiro atoms. The fourth-order valence-electron chi connectivity index (χ4n) is 3.19. The fraction of sp³-hybridized carbons (Fsp3) is 0.400. The molecule has 3 rings (SSSR count). The molecule has 0 saturated heterocycles. The lowest BCUT2D eigenvalue weighted by Crippen LogP contribution is -2.50. The summed E-state index contributed by atoms with van der Waals surface area (Å²) in [6.07, 6.45) is 5.55. The lowest BCUT2D eigenvalue weighted by Gasteiger charge is -2.35. The summed E-state index contributed by atoms with van der Waals surface area (Å²) in [5.41, 5.74) is 1.07. The number of rotatable bonds is 8. The highest BCUT2D eigenvalue weighted by Crippen LogP contribution is 2.43. The molecule has 0 heterocycles. The number of ether oxygens (including phenoxy) is 1. The van der Waals surface area contributed by atoms with Gasteiger partial charge in [0.25, 0.3) is 0 Å². The van der Waals surface area contributed by atoms with Crippen LogP contribution in [0.25, 0.3) is 0 Å². The highest BCUT2D eigenvalue weighted by Gasteiger charge is 2.46. The fourth-order valence-corrected chi connectivity index (χ4v) is 3.19. The van der Waals surface area contributed by atoms with Crippen LogP contribution < -0.4 is 10.1 Å². The molecule has 0 aliphatic heterocycles. The third kappa shape index (κ3) is 4.05. The molecule has 2 N–H and O–H groups in total. The molecule has 1 fully saturated rings. The minimum atomic E-state index is -0.300. The molecule has 1 aliphatic rings. The average molecular weight is 311 g/mol. The van der Waals surface area contributed by atoms with Crippen LogP contribution in [-0.4, -0.2) is 17.9 Å². The topological polar surface area (TPSA) is 41.5 Å². The monoisotopic (exact) mass is 311 g/mol. The smallest absolute Gasteiger partial charge is 0.163 e. The van der Waals surface area contributed by atoms with Crippen molar-refractivity contribution in [1.82, 2.24) is 5.32 Å². The molecule has 1 unspecified atom stereocenters. The van der Waals surface area contributed by atoms with Gasteiger partial charge in [0.2, 0.25) is 0 Å². The van der Waals surface area contributed by atoms with Gasteiger partial charge in [-0.25, -0.2) is 0 Å². The van der Waals surface area contributed by atoms with Crippen LogP contribution in [0.15, 0.2) is 54.6 Å².